The third-order valence-electron chi connectivity index (χ3n) is 4.28. The van der Waals surface area contributed by atoms with Gasteiger partial charge in [-0.3, -0.25) is 4.90 Å². The van der Waals surface area contributed by atoms with Crippen molar-refractivity contribution in [3.05, 3.63) is 95.2 Å². The minimum absolute atomic E-state index is 0.0998. The second kappa shape index (κ2) is 7.97. The highest BCUT2D eigenvalue weighted by atomic mass is 19.1. The van der Waals surface area contributed by atoms with Crippen LogP contribution in [-0.2, 0) is 11.3 Å². The van der Waals surface area contributed by atoms with Crippen LogP contribution in [0.4, 0.5) is 4.39 Å². The van der Waals surface area contributed by atoms with E-state index in [0.717, 1.165) is 16.7 Å². The molecule has 3 aromatic rings. The summed E-state index contributed by atoms with van der Waals surface area (Å²) >= 11 is 0. The lowest BCUT2D eigenvalue weighted by molar-refractivity contribution is 0.0561. The highest BCUT2D eigenvalue weighted by Gasteiger charge is 2.23. The van der Waals surface area contributed by atoms with Crippen LogP contribution in [0.25, 0.3) is 0 Å². The normalized spacial score (nSPS) is 12.2. The molecule has 0 aliphatic heterocycles. The van der Waals surface area contributed by atoms with Gasteiger partial charge < -0.3 is 9.15 Å². The number of nitrogens with zero attached hydrogens (tertiary/aromatic N) is 1. The summed E-state index contributed by atoms with van der Waals surface area (Å²) in [6, 6.07) is 18.1. The molecular formula is C21H20FNO3. The van der Waals surface area contributed by atoms with E-state index in [9.17, 15) is 9.18 Å². The highest BCUT2D eigenvalue weighted by molar-refractivity contribution is 5.87. The van der Waals surface area contributed by atoms with E-state index >= 15 is 0 Å². The Morgan fingerprint density at radius 3 is 2.38 bits per heavy atom. The summed E-state index contributed by atoms with van der Waals surface area (Å²) in [6.07, 6.45) is 1.48. The van der Waals surface area contributed by atoms with E-state index in [-0.39, 0.29) is 17.6 Å². The van der Waals surface area contributed by atoms with Crippen LogP contribution in [0, 0.1) is 5.82 Å². The van der Waals surface area contributed by atoms with Gasteiger partial charge in [0.25, 0.3) is 0 Å². The zero-order chi connectivity index (χ0) is 18.5. The molecule has 5 heteroatoms. The Labute approximate surface area is 151 Å². The molecule has 3 rings (SSSR count). The van der Waals surface area contributed by atoms with Crippen LogP contribution in [0.2, 0.25) is 0 Å². The van der Waals surface area contributed by atoms with E-state index in [1.54, 1.807) is 18.2 Å². The molecule has 0 N–H and O–H groups in total. The minimum Gasteiger partial charge on any atom is -0.463 e. The molecule has 134 valence electrons. The fourth-order valence-corrected chi connectivity index (χ4v) is 3.07. The third-order valence-corrected chi connectivity index (χ3v) is 4.28. The average Bonchev–Trinajstić information content (AvgIpc) is 3.12. The maximum Gasteiger partial charge on any atom is 0.374 e. The summed E-state index contributed by atoms with van der Waals surface area (Å²) in [6.45, 7) is 0.470. The Balaban J connectivity index is 1.93. The minimum atomic E-state index is -0.503. The SMILES string of the molecule is COC(=O)c1occc1CN(C)C(c1ccccc1)c1ccc(F)cc1. The van der Waals surface area contributed by atoms with Crippen LogP contribution >= 0.6 is 0 Å². The molecule has 1 atom stereocenters. The number of ether oxygens (including phenoxy) is 1. The Bertz CT molecular complexity index is 858. The van der Waals surface area contributed by atoms with Crippen molar-refractivity contribution in [1.82, 2.24) is 4.90 Å². The van der Waals surface area contributed by atoms with Gasteiger partial charge in [0.1, 0.15) is 5.82 Å². The highest BCUT2D eigenvalue weighted by Crippen LogP contribution is 2.29. The van der Waals surface area contributed by atoms with Crippen molar-refractivity contribution < 1.29 is 18.3 Å². The number of benzene rings is 2. The molecule has 0 bridgehead atoms. The molecule has 0 fully saturated rings. The number of furan rings is 1. The van der Waals surface area contributed by atoms with Gasteiger partial charge >= 0.3 is 5.97 Å². The second-order valence-corrected chi connectivity index (χ2v) is 6.05. The van der Waals surface area contributed by atoms with Gasteiger partial charge in [-0.15, -0.1) is 0 Å². The lowest BCUT2D eigenvalue weighted by Gasteiger charge is -2.29. The number of esters is 1. The monoisotopic (exact) mass is 353 g/mol. The van der Waals surface area contributed by atoms with Crippen LogP contribution in [0.15, 0.2) is 71.3 Å². The smallest absolute Gasteiger partial charge is 0.374 e. The van der Waals surface area contributed by atoms with Gasteiger partial charge in [0, 0.05) is 12.1 Å². The summed E-state index contributed by atoms with van der Waals surface area (Å²) in [7, 11) is 3.28. The van der Waals surface area contributed by atoms with Crippen molar-refractivity contribution in [2.24, 2.45) is 0 Å². The van der Waals surface area contributed by atoms with Crippen molar-refractivity contribution in [3.63, 3.8) is 0 Å². The fraction of sp³-hybridized carbons (Fsp3) is 0.190. The number of halogens is 1. The number of methoxy groups -OCH3 is 1. The van der Waals surface area contributed by atoms with Crippen LogP contribution in [0.1, 0.15) is 33.3 Å². The first-order chi connectivity index (χ1) is 12.6. The van der Waals surface area contributed by atoms with Crippen LogP contribution in [0.5, 0.6) is 0 Å². The summed E-state index contributed by atoms with van der Waals surface area (Å²) in [5.41, 5.74) is 2.77. The van der Waals surface area contributed by atoms with Gasteiger partial charge in [-0.05, 0) is 36.4 Å². The number of rotatable bonds is 6. The fourth-order valence-electron chi connectivity index (χ4n) is 3.07. The largest absolute Gasteiger partial charge is 0.463 e. The Morgan fingerprint density at radius 2 is 1.73 bits per heavy atom. The lowest BCUT2D eigenvalue weighted by Crippen LogP contribution is -2.26. The van der Waals surface area contributed by atoms with E-state index in [2.05, 4.69) is 4.90 Å². The molecule has 0 aliphatic carbocycles. The predicted molar refractivity (Wildman–Crippen MR) is 96.2 cm³/mol. The summed E-state index contributed by atoms with van der Waals surface area (Å²) < 4.78 is 23.4. The zero-order valence-electron chi connectivity index (χ0n) is 14.7. The topological polar surface area (TPSA) is 42.7 Å². The maximum atomic E-state index is 13.4. The van der Waals surface area contributed by atoms with Crippen molar-refractivity contribution >= 4 is 5.97 Å². The van der Waals surface area contributed by atoms with E-state index in [1.165, 1.54) is 25.5 Å². The van der Waals surface area contributed by atoms with Gasteiger partial charge in [-0.25, -0.2) is 9.18 Å². The van der Waals surface area contributed by atoms with E-state index < -0.39 is 5.97 Å². The van der Waals surface area contributed by atoms with E-state index in [4.69, 9.17) is 9.15 Å². The lowest BCUT2D eigenvalue weighted by atomic mass is 9.97. The molecule has 0 aliphatic rings. The summed E-state index contributed by atoms with van der Waals surface area (Å²) in [5.74, 6) is -0.576. The molecule has 0 radical (unpaired) electrons. The predicted octanol–water partition coefficient (Wildman–Crippen LogP) is 4.43. The molecule has 0 amide bonds. The van der Waals surface area contributed by atoms with Gasteiger partial charge in [0.15, 0.2) is 0 Å². The van der Waals surface area contributed by atoms with Gasteiger partial charge in [0.05, 0.1) is 19.4 Å². The number of carbonyl (C=O) groups is 1. The van der Waals surface area contributed by atoms with Crippen molar-refractivity contribution in [2.75, 3.05) is 14.2 Å². The van der Waals surface area contributed by atoms with Crippen LogP contribution in [0.3, 0.4) is 0 Å². The average molecular weight is 353 g/mol. The molecule has 1 aromatic heterocycles. The quantitative estimate of drug-likeness (QED) is 0.615. The third kappa shape index (κ3) is 3.83. The Morgan fingerprint density at radius 1 is 1.08 bits per heavy atom. The molecule has 26 heavy (non-hydrogen) atoms. The maximum absolute atomic E-state index is 13.4. The van der Waals surface area contributed by atoms with Crippen LogP contribution in [-0.4, -0.2) is 25.0 Å². The molecule has 0 saturated carbocycles. The Kier molecular flexibility index (Phi) is 5.49. The summed E-state index contributed by atoms with van der Waals surface area (Å²) in [5, 5.41) is 0. The van der Waals surface area contributed by atoms with Crippen molar-refractivity contribution in [1.29, 1.82) is 0 Å². The molecular weight excluding hydrogens is 333 g/mol. The Hall–Kier alpha value is -2.92. The number of hydrogen-bond acceptors (Lipinski definition) is 4. The van der Waals surface area contributed by atoms with E-state index in [1.807, 2.05) is 37.4 Å². The van der Waals surface area contributed by atoms with Crippen molar-refractivity contribution in [2.45, 2.75) is 12.6 Å². The van der Waals surface area contributed by atoms with Gasteiger partial charge in [0.2, 0.25) is 5.76 Å². The number of carbonyl (C=O) groups excluding carboxylic acids is 1. The molecule has 0 spiro atoms. The first-order valence-electron chi connectivity index (χ1n) is 8.25. The molecule has 0 saturated heterocycles. The molecule has 1 unspecified atom stereocenters. The number of hydrogen-bond donors (Lipinski definition) is 0. The molecule has 2 aromatic carbocycles. The first-order valence-corrected chi connectivity index (χ1v) is 8.25. The molecule has 1 heterocycles. The summed E-state index contributed by atoms with van der Waals surface area (Å²) in [4.78, 5) is 13.9. The first kappa shape index (κ1) is 17.9. The van der Waals surface area contributed by atoms with E-state index in [0.29, 0.717) is 6.54 Å². The van der Waals surface area contributed by atoms with Crippen LogP contribution < -0.4 is 0 Å². The van der Waals surface area contributed by atoms with Gasteiger partial charge in [-0.2, -0.15) is 0 Å². The second-order valence-electron chi connectivity index (χ2n) is 6.05. The standard InChI is InChI=1S/C21H20FNO3/c1-23(14-17-12-13-26-20(17)21(24)25-2)19(15-6-4-3-5-7-15)16-8-10-18(22)11-9-16/h3-13,19H,14H2,1-2H3. The zero-order valence-corrected chi connectivity index (χ0v) is 14.7. The van der Waals surface area contributed by atoms with Crippen molar-refractivity contribution in [3.8, 4) is 0 Å². The molecule has 4 nitrogen and oxygen atoms in total. The van der Waals surface area contributed by atoms with Gasteiger partial charge in [-0.1, -0.05) is 42.5 Å².